The van der Waals surface area contributed by atoms with E-state index < -0.39 is 17.9 Å². The minimum atomic E-state index is -0.818. The fourth-order valence-electron chi connectivity index (χ4n) is 5.03. The number of carboxylic acid groups (broad SMARTS) is 1. The number of hydrogen-bond donors (Lipinski definition) is 1. The summed E-state index contributed by atoms with van der Waals surface area (Å²) in [5.41, 5.74) is 1.47. The Morgan fingerprint density at radius 1 is 1.23 bits per heavy atom. The first-order chi connectivity index (χ1) is 12.5. The Morgan fingerprint density at radius 2 is 1.96 bits per heavy atom. The van der Waals surface area contributed by atoms with Gasteiger partial charge in [0.15, 0.2) is 0 Å². The Bertz CT molecular complexity index is 686. The molecule has 2 heterocycles. The van der Waals surface area contributed by atoms with Gasteiger partial charge in [0.05, 0.1) is 5.92 Å². The largest absolute Gasteiger partial charge is 0.481 e. The van der Waals surface area contributed by atoms with Crippen LogP contribution in [0.5, 0.6) is 0 Å². The van der Waals surface area contributed by atoms with Gasteiger partial charge in [-0.15, -0.1) is 0 Å². The lowest BCUT2D eigenvalue weighted by atomic mass is 9.80. The first kappa shape index (κ1) is 17.5. The maximum Gasteiger partial charge on any atom is 0.308 e. The van der Waals surface area contributed by atoms with Gasteiger partial charge in [-0.2, -0.15) is 0 Å². The van der Waals surface area contributed by atoms with Crippen molar-refractivity contribution in [2.45, 2.75) is 38.1 Å². The van der Waals surface area contributed by atoms with Gasteiger partial charge in [0.2, 0.25) is 5.91 Å². The van der Waals surface area contributed by atoms with Crippen molar-refractivity contribution in [3.05, 3.63) is 35.9 Å². The Hall–Kier alpha value is -1.88. The van der Waals surface area contributed by atoms with Gasteiger partial charge in [-0.1, -0.05) is 30.3 Å². The smallest absolute Gasteiger partial charge is 0.308 e. The molecule has 0 bridgehead atoms. The highest BCUT2D eigenvalue weighted by atomic mass is 16.4. The highest BCUT2D eigenvalue weighted by Crippen LogP contribution is 2.54. The second-order valence-corrected chi connectivity index (χ2v) is 8.64. The molecule has 0 aromatic heterocycles. The van der Waals surface area contributed by atoms with E-state index in [0.29, 0.717) is 12.3 Å². The van der Waals surface area contributed by atoms with Crippen molar-refractivity contribution in [2.24, 2.45) is 17.3 Å². The number of benzene rings is 1. The van der Waals surface area contributed by atoms with Crippen LogP contribution in [-0.4, -0.2) is 59.5 Å². The van der Waals surface area contributed by atoms with E-state index in [1.54, 1.807) is 0 Å². The molecule has 2 saturated heterocycles. The lowest BCUT2D eigenvalue weighted by Gasteiger charge is -2.42. The SMILES string of the molecule is CN1CC2(CC2)CC(C(=O)O)C1C(=O)N1CCC(Cc2ccccc2)C1. The van der Waals surface area contributed by atoms with Crippen molar-refractivity contribution >= 4 is 11.9 Å². The minimum absolute atomic E-state index is 0.0194. The molecule has 1 aromatic rings. The number of rotatable bonds is 4. The molecule has 3 unspecified atom stereocenters. The van der Waals surface area contributed by atoms with Gasteiger partial charge in [-0.25, -0.2) is 0 Å². The van der Waals surface area contributed by atoms with E-state index in [2.05, 4.69) is 24.3 Å². The number of carbonyl (C=O) groups excluding carboxylic acids is 1. The zero-order chi connectivity index (χ0) is 18.3. The standard InChI is InChI=1S/C21H28N2O3/c1-22-14-21(8-9-21)12-17(20(25)26)18(22)19(24)23-10-7-16(13-23)11-15-5-3-2-4-6-15/h2-6,16-18H,7-14H2,1H3,(H,25,26). The summed E-state index contributed by atoms with van der Waals surface area (Å²) in [5, 5.41) is 9.73. The van der Waals surface area contributed by atoms with Crippen molar-refractivity contribution < 1.29 is 14.7 Å². The second kappa shape index (κ2) is 6.69. The average Bonchev–Trinajstić information content (AvgIpc) is 3.18. The topological polar surface area (TPSA) is 60.9 Å². The van der Waals surface area contributed by atoms with E-state index in [-0.39, 0.29) is 11.3 Å². The molecule has 0 radical (unpaired) electrons. The molecule has 4 rings (SSSR count). The fraction of sp³-hybridized carbons (Fsp3) is 0.619. The van der Waals surface area contributed by atoms with Gasteiger partial charge in [-0.05, 0) is 56.0 Å². The number of likely N-dealkylation sites (tertiary alicyclic amines) is 2. The van der Waals surface area contributed by atoms with Gasteiger partial charge in [-0.3, -0.25) is 14.5 Å². The van der Waals surface area contributed by atoms with Crippen LogP contribution in [0.1, 0.15) is 31.2 Å². The molecule has 3 atom stereocenters. The summed E-state index contributed by atoms with van der Waals surface area (Å²) in [6.45, 7) is 2.35. The van der Waals surface area contributed by atoms with Crippen LogP contribution in [0.3, 0.4) is 0 Å². The van der Waals surface area contributed by atoms with Crippen LogP contribution in [0.25, 0.3) is 0 Å². The van der Waals surface area contributed by atoms with Gasteiger partial charge < -0.3 is 10.0 Å². The Kier molecular flexibility index (Phi) is 4.51. The summed E-state index contributed by atoms with van der Waals surface area (Å²) in [7, 11) is 1.93. The molecule has 140 valence electrons. The minimum Gasteiger partial charge on any atom is -0.481 e. The first-order valence-corrected chi connectivity index (χ1v) is 9.73. The van der Waals surface area contributed by atoms with Crippen LogP contribution in [-0.2, 0) is 16.0 Å². The number of hydrogen-bond acceptors (Lipinski definition) is 3. The van der Waals surface area contributed by atoms with E-state index in [0.717, 1.165) is 45.3 Å². The van der Waals surface area contributed by atoms with E-state index in [9.17, 15) is 14.7 Å². The third-order valence-electron chi connectivity index (χ3n) is 6.59. The summed E-state index contributed by atoms with van der Waals surface area (Å²) in [4.78, 5) is 29.0. The number of nitrogens with zero attached hydrogens (tertiary/aromatic N) is 2. The molecule has 1 saturated carbocycles. The fourth-order valence-corrected chi connectivity index (χ4v) is 5.03. The Balaban J connectivity index is 1.42. The lowest BCUT2D eigenvalue weighted by Crippen LogP contribution is -2.57. The van der Waals surface area contributed by atoms with E-state index in [4.69, 9.17) is 0 Å². The highest BCUT2D eigenvalue weighted by Gasteiger charge is 2.55. The first-order valence-electron chi connectivity index (χ1n) is 9.73. The van der Waals surface area contributed by atoms with Crippen LogP contribution in [0.15, 0.2) is 30.3 Å². The van der Waals surface area contributed by atoms with Gasteiger partial charge in [0.1, 0.15) is 6.04 Å². The van der Waals surface area contributed by atoms with E-state index in [1.165, 1.54) is 5.56 Å². The van der Waals surface area contributed by atoms with Crippen molar-refractivity contribution in [1.82, 2.24) is 9.80 Å². The van der Waals surface area contributed by atoms with Crippen LogP contribution in [0, 0.1) is 17.3 Å². The second-order valence-electron chi connectivity index (χ2n) is 8.64. The normalized spacial score (nSPS) is 30.5. The molecule has 3 aliphatic rings. The third kappa shape index (κ3) is 3.37. The summed E-state index contributed by atoms with van der Waals surface area (Å²) in [6.07, 6.45) is 4.84. The van der Waals surface area contributed by atoms with Crippen molar-refractivity contribution in [1.29, 1.82) is 0 Å². The monoisotopic (exact) mass is 356 g/mol. The number of aliphatic carboxylic acids is 1. The Labute approximate surface area is 155 Å². The molecule has 1 aromatic carbocycles. The molecule has 5 nitrogen and oxygen atoms in total. The van der Waals surface area contributed by atoms with Crippen LogP contribution >= 0.6 is 0 Å². The van der Waals surface area contributed by atoms with Gasteiger partial charge >= 0.3 is 5.97 Å². The maximum absolute atomic E-state index is 13.2. The predicted octanol–water partition coefficient (Wildman–Crippen LogP) is 2.26. The molecular formula is C21H28N2O3. The zero-order valence-corrected chi connectivity index (χ0v) is 15.4. The molecular weight excluding hydrogens is 328 g/mol. The van der Waals surface area contributed by atoms with Gasteiger partial charge in [0, 0.05) is 19.6 Å². The Morgan fingerprint density at radius 3 is 2.62 bits per heavy atom. The summed E-state index contributed by atoms with van der Waals surface area (Å²) >= 11 is 0. The molecule has 1 N–H and O–H groups in total. The quantitative estimate of drug-likeness (QED) is 0.899. The molecule has 1 aliphatic carbocycles. The highest BCUT2D eigenvalue weighted by molar-refractivity contribution is 5.88. The zero-order valence-electron chi connectivity index (χ0n) is 15.4. The molecule has 2 aliphatic heterocycles. The average molecular weight is 356 g/mol. The van der Waals surface area contributed by atoms with Crippen molar-refractivity contribution in [3.63, 3.8) is 0 Å². The summed E-state index contributed by atoms with van der Waals surface area (Å²) < 4.78 is 0. The number of piperidine rings is 1. The van der Waals surface area contributed by atoms with Crippen molar-refractivity contribution in [2.75, 3.05) is 26.7 Å². The maximum atomic E-state index is 13.2. The molecule has 3 fully saturated rings. The number of carboxylic acids is 1. The number of amides is 1. The molecule has 1 spiro atoms. The summed E-state index contributed by atoms with van der Waals surface area (Å²) in [5.74, 6) is -0.905. The number of likely N-dealkylation sites (N-methyl/N-ethyl adjacent to an activating group) is 1. The lowest BCUT2D eigenvalue weighted by molar-refractivity contribution is -0.155. The molecule has 26 heavy (non-hydrogen) atoms. The van der Waals surface area contributed by atoms with Crippen molar-refractivity contribution in [3.8, 4) is 0 Å². The van der Waals surface area contributed by atoms with Crippen LogP contribution in [0.2, 0.25) is 0 Å². The number of carbonyl (C=O) groups is 2. The van der Waals surface area contributed by atoms with Crippen LogP contribution < -0.4 is 0 Å². The van der Waals surface area contributed by atoms with Gasteiger partial charge in [0.25, 0.3) is 0 Å². The summed E-state index contributed by atoms with van der Waals surface area (Å²) in [6, 6.07) is 9.88. The van der Waals surface area contributed by atoms with E-state index in [1.807, 2.05) is 22.9 Å². The third-order valence-corrected chi connectivity index (χ3v) is 6.59. The van der Waals surface area contributed by atoms with Crippen LogP contribution in [0.4, 0.5) is 0 Å². The van der Waals surface area contributed by atoms with E-state index >= 15 is 0 Å². The molecule has 5 heteroatoms. The molecule has 1 amide bonds. The predicted molar refractivity (Wildman–Crippen MR) is 98.7 cm³/mol.